The van der Waals surface area contributed by atoms with Crippen molar-refractivity contribution in [1.29, 1.82) is 0 Å². The maximum absolute atomic E-state index is 3.66. The van der Waals surface area contributed by atoms with Gasteiger partial charge in [-0.3, -0.25) is 0 Å². The van der Waals surface area contributed by atoms with E-state index in [9.17, 15) is 0 Å². The van der Waals surface area contributed by atoms with Crippen molar-refractivity contribution in [3.8, 4) is 0 Å². The summed E-state index contributed by atoms with van der Waals surface area (Å²) in [7, 11) is 0. The summed E-state index contributed by atoms with van der Waals surface area (Å²) in [6.45, 7) is 11.2. The molecule has 0 aromatic carbocycles. The van der Waals surface area contributed by atoms with Gasteiger partial charge in [0.1, 0.15) is 0 Å². The molecule has 0 atom stereocenters. The van der Waals surface area contributed by atoms with Crippen molar-refractivity contribution in [2.75, 3.05) is 6.54 Å². The quantitative estimate of drug-likeness (QED) is 0.579. The molecule has 0 aromatic rings. The third-order valence-corrected chi connectivity index (χ3v) is 1.60. The topological polar surface area (TPSA) is 12.0 Å². The Bertz CT molecular complexity index is 94.9. The van der Waals surface area contributed by atoms with Gasteiger partial charge in [-0.05, 0) is 20.3 Å². The van der Waals surface area contributed by atoms with Gasteiger partial charge in [-0.1, -0.05) is 19.4 Å². The molecule has 0 bridgehead atoms. The number of nitrogens with one attached hydrogen (secondary N) is 1. The molecule has 0 saturated heterocycles. The predicted octanol–water partition coefficient (Wildman–Crippen LogP) is 2.34. The molecule has 60 valence electrons. The smallest absolute Gasteiger partial charge is 0.0137 e. The first-order valence-corrected chi connectivity index (χ1v) is 3.98. The van der Waals surface area contributed by atoms with Crippen molar-refractivity contribution in [2.24, 2.45) is 0 Å². The summed E-state index contributed by atoms with van der Waals surface area (Å²) in [5, 5.41) is 3.39. The van der Waals surface area contributed by atoms with Gasteiger partial charge in [0.15, 0.2) is 0 Å². The largest absolute Gasteiger partial charge is 0.308 e. The van der Waals surface area contributed by atoms with Crippen LogP contribution in [-0.4, -0.2) is 12.1 Å². The summed E-state index contributed by atoms with van der Waals surface area (Å²) in [6.07, 6.45) is 4.36. The lowest BCUT2D eigenvalue weighted by atomic mass is 9.99. The van der Waals surface area contributed by atoms with Crippen LogP contribution in [0.15, 0.2) is 12.7 Å². The zero-order chi connectivity index (χ0) is 8.04. The van der Waals surface area contributed by atoms with Gasteiger partial charge in [0.05, 0.1) is 0 Å². The minimum Gasteiger partial charge on any atom is -0.308 e. The van der Waals surface area contributed by atoms with Gasteiger partial charge in [0.25, 0.3) is 0 Å². The molecule has 0 spiro atoms. The van der Waals surface area contributed by atoms with Crippen molar-refractivity contribution < 1.29 is 0 Å². The first-order chi connectivity index (χ1) is 4.62. The Kier molecular flexibility index (Phi) is 4.37. The lowest BCUT2D eigenvalue weighted by Crippen LogP contribution is -2.38. The molecule has 0 heterocycles. The molecular formula is C9H19N. The van der Waals surface area contributed by atoms with Crippen LogP contribution in [0.3, 0.4) is 0 Å². The van der Waals surface area contributed by atoms with Gasteiger partial charge in [0, 0.05) is 12.1 Å². The lowest BCUT2D eigenvalue weighted by Gasteiger charge is -2.24. The van der Waals surface area contributed by atoms with E-state index >= 15 is 0 Å². The fraction of sp³-hybridized carbons (Fsp3) is 0.778. The second-order valence-electron chi connectivity index (χ2n) is 3.30. The van der Waals surface area contributed by atoms with Crippen LogP contribution in [0.25, 0.3) is 0 Å². The molecule has 0 amide bonds. The Morgan fingerprint density at radius 1 is 1.50 bits per heavy atom. The van der Waals surface area contributed by atoms with Gasteiger partial charge < -0.3 is 5.32 Å². The molecule has 0 radical (unpaired) electrons. The average Bonchev–Trinajstić information content (AvgIpc) is 1.84. The summed E-state index contributed by atoms with van der Waals surface area (Å²) < 4.78 is 0. The molecule has 0 aliphatic rings. The van der Waals surface area contributed by atoms with E-state index in [1.165, 1.54) is 12.8 Å². The highest BCUT2D eigenvalue weighted by Crippen LogP contribution is 2.09. The van der Waals surface area contributed by atoms with Crippen LogP contribution in [-0.2, 0) is 0 Å². The van der Waals surface area contributed by atoms with Crippen LogP contribution in [0.4, 0.5) is 0 Å². The molecular weight excluding hydrogens is 122 g/mol. The molecule has 0 aromatic heterocycles. The molecule has 0 aliphatic heterocycles. The number of hydrogen-bond acceptors (Lipinski definition) is 1. The summed E-state index contributed by atoms with van der Waals surface area (Å²) in [5.74, 6) is 0. The van der Waals surface area contributed by atoms with Crippen LogP contribution < -0.4 is 5.32 Å². The van der Waals surface area contributed by atoms with Gasteiger partial charge in [-0.15, -0.1) is 6.58 Å². The van der Waals surface area contributed by atoms with E-state index in [4.69, 9.17) is 0 Å². The molecule has 10 heavy (non-hydrogen) atoms. The van der Waals surface area contributed by atoms with Gasteiger partial charge in [-0.25, -0.2) is 0 Å². The third-order valence-electron chi connectivity index (χ3n) is 1.60. The highest BCUT2D eigenvalue weighted by molar-refractivity contribution is 4.81. The van der Waals surface area contributed by atoms with Crippen LogP contribution in [0.2, 0.25) is 0 Å². The van der Waals surface area contributed by atoms with E-state index in [2.05, 4.69) is 32.7 Å². The molecule has 0 rings (SSSR count). The molecule has 1 heteroatoms. The van der Waals surface area contributed by atoms with E-state index < -0.39 is 0 Å². The minimum absolute atomic E-state index is 0.281. The van der Waals surface area contributed by atoms with E-state index in [0.717, 1.165) is 6.54 Å². The SMILES string of the molecule is C=CCNC(C)(C)CCC. The van der Waals surface area contributed by atoms with E-state index in [1.807, 2.05) is 6.08 Å². The van der Waals surface area contributed by atoms with E-state index in [1.54, 1.807) is 0 Å². The van der Waals surface area contributed by atoms with Gasteiger partial charge >= 0.3 is 0 Å². The van der Waals surface area contributed by atoms with E-state index in [-0.39, 0.29) is 5.54 Å². The van der Waals surface area contributed by atoms with Crippen LogP contribution in [0.5, 0.6) is 0 Å². The summed E-state index contributed by atoms with van der Waals surface area (Å²) >= 11 is 0. The van der Waals surface area contributed by atoms with Crippen LogP contribution in [0, 0.1) is 0 Å². The standard InChI is InChI=1S/C9H19N/c1-5-7-9(3,4)10-8-6-2/h6,10H,2,5,7-8H2,1,3-4H3. The van der Waals surface area contributed by atoms with Crippen LogP contribution in [0.1, 0.15) is 33.6 Å². The Balaban J connectivity index is 3.51. The van der Waals surface area contributed by atoms with Gasteiger partial charge in [-0.2, -0.15) is 0 Å². The maximum Gasteiger partial charge on any atom is 0.0137 e. The normalized spacial score (nSPS) is 11.5. The molecule has 1 nitrogen and oxygen atoms in total. The number of rotatable bonds is 5. The molecule has 0 unspecified atom stereocenters. The predicted molar refractivity (Wildman–Crippen MR) is 47.2 cm³/mol. The Morgan fingerprint density at radius 3 is 2.50 bits per heavy atom. The Labute approximate surface area is 64.5 Å². The second kappa shape index (κ2) is 4.51. The molecule has 0 aliphatic carbocycles. The summed E-state index contributed by atoms with van der Waals surface area (Å²) in [5.41, 5.74) is 0.281. The van der Waals surface area contributed by atoms with Crippen molar-refractivity contribution in [2.45, 2.75) is 39.2 Å². The minimum atomic E-state index is 0.281. The molecule has 0 saturated carbocycles. The Hall–Kier alpha value is -0.300. The highest BCUT2D eigenvalue weighted by Gasteiger charge is 2.13. The second-order valence-corrected chi connectivity index (χ2v) is 3.30. The highest BCUT2D eigenvalue weighted by atomic mass is 14.9. The average molecular weight is 141 g/mol. The van der Waals surface area contributed by atoms with Crippen molar-refractivity contribution in [3.05, 3.63) is 12.7 Å². The third kappa shape index (κ3) is 4.57. The fourth-order valence-electron chi connectivity index (χ4n) is 1.06. The van der Waals surface area contributed by atoms with E-state index in [0.29, 0.717) is 0 Å². The van der Waals surface area contributed by atoms with Crippen molar-refractivity contribution >= 4 is 0 Å². The monoisotopic (exact) mass is 141 g/mol. The molecule has 0 fully saturated rings. The number of hydrogen-bond donors (Lipinski definition) is 1. The fourth-order valence-corrected chi connectivity index (χ4v) is 1.06. The van der Waals surface area contributed by atoms with Crippen LogP contribution >= 0.6 is 0 Å². The Morgan fingerprint density at radius 2 is 2.10 bits per heavy atom. The summed E-state index contributed by atoms with van der Waals surface area (Å²) in [4.78, 5) is 0. The zero-order valence-corrected chi connectivity index (χ0v) is 7.41. The summed E-state index contributed by atoms with van der Waals surface area (Å²) in [6, 6.07) is 0. The lowest BCUT2D eigenvalue weighted by molar-refractivity contribution is 0.375. The first-order valence-electron chi connectivity index (χ1n) is 3.98. The first kappa shape index (κ1) is 9.70. The zero-order valence-electron chi connectivity index (χ0n) is 7.41. The van der Waals surface area contributed by atoms with Crippen molar-refractivity contribution in [3.63, 3.8) is 0 Å². The maximum atomic E-state index is 3.66. The van der Waals surface area contributed by atoms with Crippen molar-refractivity contribution in [1.82, 2.24) is 5.32 Å². The van der Waals surface area contributed by atoms with Gasteiger partial charge in [0.2, 0.25) is 0 Å². The molecule has 1 N–H and O–H groups in total.